The summed E-state index contributed by atoms with van der Waals surface area (Å²) in [7, 11) is 0. The molecule has 0 saturated heterocycles. The third kappa shape index (κ3) is 2.69. The smallest absolute Gasteiger partial charge is 0.0935 e. The number of hydrogen-bond donors (Lipinski definition) is 2. The largest absolute Gasteiger partial charge is 0.472 e. The van der Waals surface area contributed by atoms with Crippen molar-refractivity contribution >= 4 is 27.3 Å². The molecule has 3 N–H and O–H groups in total. The molecule has 2 aromatic heterocycles. The average Bonchev–Trinajstić information content (AvgIpc) is 2.85. The van der Waals surface area contributed by atoms with Crippen molar-refractivity contribution in [2.45, 2.75) is 12.5 Å². The Hall–Kier alpha value is -0.620. The van der Waals surface area contributed by atoms with E-state index in [0.29, 0.717) is 0 Å². The molecule has 0 fully saturated rings. The molecule has 1 unspecified atom stereocenters. The van der Waals surface area contributed by atoms with Gasteiger partial charge in [0.25, 0.3) is 0 Å². The maximum absolute atomic E-state index is 5.54. The van der Waals surface area contributed by atoms with E-state index >= 15 is 0 Å². The van der Waals surface area contributed by atoms with Crippen LogP contribution in [0.15, 0.2) is 38.9 Å². The number of hydrogen-bond acceptors (Lipinski definition) is 4. The molecule has 0 aromatic carbocycles. The van der Waals surface area contributed by atoms with E-state index in [9.17, 15) is 0 Å². The van der Waals surface area contributed by atoms with E-state index in [1.54, 1.807) is 23.9 Å². The first-order valence-corrected chi connectivity index (χ1v) is 6.18. The van der Waals surface area contributed by atoms with Crippen LogP contribution in [0.25, 0.3) is 0 Å². The highest BCUT2D eigenvalue weighted by Gasteiger charge is 2.13. The molecule has 0 aliphatic rings. The van der Waals surface area contributed by atoms with Gasteiger partial charge in [0.15, 0.2) is 0 Å². The second-order valence-corrected chi connectivity index (χ2v) is 5.08. The lowest BCUT2D eigenvalue weighted by Crippen LogP contribution is -2.28. The van der Waals surface area contributed by atoms with E-state index in [0.717, 1.165) is 16.5 Å². The molecular weight excluding hydrogens is 276 g/mol. The molecule has 0 bridgehead atoms. The second-order valence-electron chi connectivity index (χ2n) is 3.22. The van der Waals surface area contributed by atoms with E-state index in [2.05, 4.69) is 32.8 Å². The van der Waals surface area contributed by atoms with Gasteiger partial charge >= 0.3 is 0 Å². The lowest BCUT2D eigenvalue weighted by atomic mass is 10.1. The van der Waals surface area contributed by atoms with Crippen LogP contribution in [0.2, 0.25) is 0 Å². The van der Waals surface area contributed by atoms with Gasteiger partial charge in [0.05, 0.1) is 18.6 Å². The summed E-state index contributed by atoms with van der Waals surface area (Å²) < 4.78 is 6.12. The highest BCUT2D eigenvalue weighted by Crippen LogP contribution is 2.27. The fraction of sp³-hybridized carbons (Fsp3) is 0.200. The molecule has 2 heterocycles. The maximum Gasteiger partial charge on any atom is 0.0935 e. The molecule has 0 saturated carbocycles. The predicted molar refractivity (Wildman–Crippen MR) is 64.5 cm³/mol. The summed E-state index contributed by atoms with van der Waals surface area (Å²) in [6.07, 6.45) is 4.25. The second kappa shape index (κ2) is 4.94. The fourth-order valence-electron chi connectivity index (χ4n) is 1.40. The third-order valence-corrected chi connectivity index (χ3v) is 3.96. The zero-order chi connectivity index (χ0) is 10.7. The third-order valence-electron chi connectivity index (χ3n) is 2.15. The van der Waals surface area contributed by atoms with Crippen LogP contribution in [-0.4, -0.2) is 0 Å². The summed E-state index contributed by atoms with van der Waals surface area (Å²) >= 11 is 5.11. The van der Waals surface area contributed by atoms with Gasteiger partial charge in [0, 0.05) is 14.7 Å². The molecule has 0 radical (unpaired) electrons. The number of halogens is 1. The molecule has 0 aliphatic carbocycles. The van der Waals surface area contributed by atoms with Crippen LogP contribution in [0.4, 0.5) is 0 Å². The topological polar surface area (TPSA) is 51.2 Å². The van der Waals surface area contributed by atoms with Crippen molar-refractivity contribution in [1.29, 1.82) is 0 Å². The quantitative estimate of drug-likeness (QED) is 0.671. The predicted octanol–water partition coefficient (Wildman–Crippen LogP) is 2.85. The van der Waals surface area contributed by atoms with Crippen LogP contribution in [0.5, 0.6) is 0 Å². The molecule has 0 amide bonds. The van der Waals surface area contributed by atoms with E-state index in [1.165, 1.54) is 4.88 Å². The first-order chi connectivity index (χ1) is 7.29. The molecule has 1 atom stereocenters. The van der Waals surface area contributed by atoms with Gasteiger partial charge < -0.3 is 4.42 Å². The van der Waals surface area contributed by atoms with Gasteiger partial charge in [-0.1, -0.05) is 0 Å². The van der Waals surface area contributed by atoms with Gasteiger partial charge in [-0.25, -0.2) is 0 Å². The molecule has 3 nitrogen and oxygen atoms in total. The van der Waals surface area contributed by atoms with Crippen molar-refractivity contribution in [1.82, 2.24) is 5.43 Å². The molecule has 5 heteroatoms. The Kier molecular flexibility index (Phi) is 3.58. The number of hydrazine groups is 1. The number of nitrogens with one attached hydrogen (secondary N) is 1. The van der Waals surface area contributed by atoms with E-state index in [4.69, 9.17) is 10.3 Å². The maximum atomic E-state index is 5.54. The number of thiophene rings is 1. The minimum atomic E-state index is 0.138. The summed E-state index contributed by atoms with van der Waals surface area (Å²) in [5.74, 6) is 5.54. The molecule has 2 aromatic rings. The Balaban J connectivity index is 2.11. The van der Waals surface area contributed by atoms with Crippen LogP contribution in [0.3, 0.4) is 0 Å². The molecule has 15 heavy (non-hydrogen) atoms. The Morgan fingerprint density at radius 2 is 2.47 bits per heavy atom. The SMILES string of the molecule is NNC(Cc1ccoc1)c1cc(Br)cs1. The van der Waals surface area contributed by atoms with Gasteiger partial charge in [-0.05, 0) is 40.0 Å². The first-order valence-electron chi connectivity index (χ1n) is 4.50. The van der Waals surface area contributed by atoms with Crippen LogP contribution in [0.1, 0.15) is 16.5 Å². The first kappa shape index (κ1) is 10.9. The van der Waals surface area contributed by atoms with Crippen molar-refractivity contribution in [3.8, 4) is 0 Å². The lowest BCUT2D eigenvalue weighted by molar-refractivity contribution is 0.541. The van der Waals surface area contributed by atoms with Crippen LogP contribution in [-0.2, 0) is 6.42 Å². The monoisotopic (exact) mass is 286 g/mol. The van der Waals surface area contributed by atoms with Crippen LogP contribution >= 0.6 is 27.3 Å². The van der Waals surface area contributed by atoms with Gasteiger partial charge in [-0.3, -0.25) is 11.3 Å². The molecule has 2 rings (SSSR count). The van der Waals surface area contributed by atoms with Crippen molar-refractivity contribution in [2.24, 2.45) is 5.84 Å². The van der Waals surface area contributed by atoms with E-state index < -0.39 is 0 Å². The Morgan fingerprint density at radius 3 is 3.00 bits per heavy atom. The minimum absolute atomic E-state index is 0.138. The highest BCUT2D eigenvalue weighted by atomic mass is 79.9. The summed E-state index contributed by atoms with van der Waals surface area (Å²) in [6, 6.07) is 4.17. The van der Waals surface area contributed by atoms with Crippen molar-refractivity contribution in [3.63, 3.8) is 0 Å². The fourth-order valence-corrected chi connectivity index (χ4v) is 2.90. The molecule has 0 aliphatic heterocycles. The molecular formula is C10H11BrN2OS. The normalized spacial score (nSPS) is 12.9. The number of rotatable bonds is 4. The summed E-state index contributed by atoms with van der Waals surface area (Å²) in [5, 5.41) is 2.05. The zero-order valence-corrected chi connectivity index (χ0v) is 10.3. The highest BCUT2D eigenvalue weighted by molar-refractivity contribution is 9.10. The minimum Gasteiger partial charge on any atom is -0.472 e. The van der Waals surface area contributed by atoms with Gasteiger partial charge in [0.2, 0.25) is 0 Å². The van der Waals surface area contributed by atoms with Crippen LogP contribution in [0, 0.1) is 0 Å². The number of nitrogens with two attached hydrogens (primary N) is 1. The average molecular weight is 287 g/mol. The zero-order valence-electron chi connectivity index (χ0n) is 7.94. The van der Waals surface area contributed by atoms with Crippen molar-refractivity contribution in [2.75, 3.05) is 0 Å². The summed E-state index contributed by atoms with van der Waals surface area (Å²) in [6.45, 7) is 0. The standard InChI is InChI=1S/C10H11BrN2OS/c11-8-4-10(15-6-8)9(13-12)3-7-1-2-14-5-7/h1-2,4-6,9,13H,3,12H2. The summed E-state index contributed by atoms with van der Waals surface area (Å²) in [4.78, 5) is 1.21. The lowest BCUT2D eigenvalue weighted by Gasteiger charge is -2.12. The van der Waals surface area contributed by atoms with Crippen molar-refractivity contribution < 1.29 is 4.42 Å². The summed E-state index contributed by atoms with van der Waals surface area (Å²) in [5.41, 5.74) is 3.96. The Morgan fingerprint density at radius 1 is 1.60 bits per heavy atom. The van der Waals surface area contributed by atoms with E-state index in [-0.39, 0.29) is 6.04 Å². The van der Waals surface area contributed by atoms with Gasteiger partial charge in [-0.2, -0.15) is 0 Å². The van der Waals surface area contributed by atoms with E-state index in [1.807, 2.05) is 6.07 Å². The van der Waals surface area contributed by atoms with Crippen LogP contribution < -0.4 is 11.3 Å². The Labute approximate surface area is 100 Å². The van der Waals surface area contributed by atoms with Gasteiger partial charge in [-0.15, -0.1) is 11.3 Å². The molecule has 0 spiro atoms. The van der Waals surface area contributed by atoms with Crippen molar-refractivity contribution in [3.05, 3.63) is 45.0 Å². The Bertz CT molecular complexity index is 413. The van der Waals surface area contributed by atoms with Gasteiger partial charge in [0.1, 0.15) is 0 Å². The molecule has 80 valence electrons. The number of furan rings is 1.